The first-order valence-corrected chi connectivity index (χ1v) is 26.3. The van der Waals surface area contributed by atoms with Crippen molar-refractivity contribution < 1.29 is 28.5 Å². The fourth-order valence-corrected chi connectivity index (χ4v) is 8.46. The zero-order valence-electron chi connectivity index (χ0n) is 44.3. The van der Waals surface area contributed by atoms with Crippen LogP contribution in [0.15, 0.2) is 122 Å². The van der Waals surface area contributed by atoms with E-state index in [0.29, 0.717) is 72.5 Å². The fourth-order valence-electron chi connectivity index (χ4n) is 8.46. The van der Waals surface area contributed by atoms with E-state index in [2.05, 4.69) is 49.4 Å². The van der Waals surface area contributed by atoms with Crippen molar-refractivity contribution >= 4 is 51.8 Å². The Hall–Kier alpha value is -5.98. The van der Waals surface area contributed by atoms with Crippen molar-refractivity contribution in [1.82, 2.24) is 0 Å². The van der Waals surface area contributed by atoms with Gasteiger partial charge < -0.3 is 23.8 Å². The topological polar surface area (TPSA) is 148 Å². The third kappa shape index (κ3) is 20.7. The summed E-state index contributed by atoms with van der Waals surface area (Å²) in [7, 11) is 3.11. The minimum absolute atomic E-state index is 0.204. The number of carbonyl (C=O) groups is 2. The Balaban J connectivity index is 1.18. The fraction of sp³-hybridized carbons (Fsp3) is 0.552. The van der Waals surface area contributed by atoms with Gasteiger partial charge in [-0.25, -0.2) is 0 Å². The lowest BCUT2D eigenvalue weighted by atomic mass is 9.72. The Morgan fingerprint density at radius 1 is 0.493 bits per heavy atom. The molecule has 0 aliphatic carbocycles. The number of hydrogen-bond acceptors (Lipinski definition) is 13. The van der Waals surface area contributed by atoms with Crippen LogP contribution in [0.3, 0.4) is 0 Å². The van der Waals surface area contributed by atoms with Crippen molar-refractivity contribution in [3.63, 3.8) is 0 Å². The lowest BCUT2D eigenvalue weighted by Gasteiger charge is -2.34. The van der Waals surface area contributed by atoms with Crippen LogP contribution < -0.4 is 14.4 Å². The van der Waals surface area contributed by atoms with E-state index >= 15 is 0 Å². The highest BCUT2D eigenvalue weighted by molar-refractivity contribution is 5.80. The molecule has 0 aliphatic heterocycles. The van der Waals surface area contributed by atoms with Gasteiger partial charge in [-0.3, -0.25) is 9.59 Å². The highest BCUT2D eigenvalue weighted by atomic mass is 16.5. The molecule has 0 aliphatic rings. The van der Waals surface area contributed by atoms with Crippen LogP contribution in [0.2, 0.25) is 0 Å². The van der Waals surface area contributed by atoms with Gasteiger partial charge >= 0.3 is 11.9 Å². The molecule has 13 nitrogen and oxygen atoms in total. The lowest BCUT2D eigenvalue weighted by Crippen LogP contribution is -2.39. The zero-order chi connectivity index (χ0) is 51.2. The van der Waals surface area contributed by atoms with Gasteiger partial charge in [0.2, 0.25) is 0 Å². The number of unbranched alkanes of at least 4 members (excludes halogenated alkanes) is 15. The largest absolute Gasteiger partial charge is 0.494 e. The van der Waals surface area contributed by atoms with Gasteiger partial charge in [0.1, 0.15) is 29.5 Å². The molecule has 1 atom stereocenters. The van der Waals surface area contributed by atoms with Crippen molar-refractivity contribution in [2.75, 3.05) is 45.4 Å². The molecule has 0 radical (unpaired) electrons. The molecule has 386 valence electrons. The van der Waals surface area contributed by atoms with Gasteiger partial charge in [0.25, 0.3) is 0 Å². The molecule has 0 saturated carbocycles. The van der Waals surface area contributed by atoms with Gasteiger partial charge in [-0.2, -0.15) is 20.5 Å². The third-order valence-corrected chi connectivity index (χ3v) is 13.0. The summed E-state index contributed by atoms with van der Waals surface area (Å²) in [5.41, 5.74) is 2.95. The Morgan fingerprint density at radius 2 is 0.901 bits per heavy atom. The number of methoxy groups -OCH3 is 2. The minimum atomic E-state index is -0.872. The summed E-state index contributed by atoms with van der Waals surface area (Å²) in [6.45, 7) is 13.7. The first-order valence-electron chi connectivity index (χ1n) is 26.3. The first-order chi connectivity index (χ1) is 34.4. The number of rotatable bonds is 35. The Labute approximate surface area is 425 Å². The summed E-state index contributed by atoms with van der Waals surface area (Å²) in [5, 5.41) is 26.3. The summed E-state index contributed by atoms with van der Waals surface area (Å²) < 4.78 is 22.9. The number of esters is 2. The number of azo groups is 3. The predicted octanol–water partition coefficient (Wildman–Crippen LogP) is 18.0. The molecule has 0 fully saturated rings. The van der Waals surface area contributed by atoms with E-state index in [1.165, 1.54) is 89.9 Å². The van der Waals surface area contributed by atoms with E-state index in [4.69, 9.17) is 18.9 Å². The van der Waals surface area contributed by atoms with Crippen LogP contribution in [0.25, 0.3) is 0 Å². The molecule has 0 bridgehead atoms. The van der Waals surface area contributed by atoms with Crippen LogP contribution in [0, 0.1) is 10.8 Å². The molecule has 0 aromatic heterocycles. The van der Waals surface area contributed by atoms with Gasteiger partial charge in [0.05, 0.1) is 61.0 Å². The maximum atomic E-state index is 13.5. The first kappa shape index (κ1) is 57.6. The summed E-state index contributed by atoms with van der Waals surface area (Å²) in [6.07, 6.45) is 21.7. The second-order valence-corrected chi connectivity index (χ2v) is 19.3. The molecule has 4 aromatic carbocycles. The van der Waals surface area contributed by atoms with E-state index in [9.17, 15) is 9.59 Å². The smallest absolute Gasteiger partial charge is 0.311 e. The summed E-state index contributed by atoms with van der Waals surface area (Å²) in [6, 6.07) is 27.9. The number of nitrogens with zero attached hydrogens (tertiary/aromatic N) is 7. The molecular weight excluding hydrogens is 891 g/mol. The summed E-state index contributed by atoms with van der Waals surface area (Å²) in [4.78, 5) is 28.9. The number of carbonyl (C=O) groups excluding carboxylic acids is 2. The SMILES string of the molecule is CCCCCCCCCCCCCCCCCCOC(=O)C(C)(CC)CC(C)(C)C(=O)OCCN(CC)c1ccc(N=Nc2cc(OC)c(N=Nc3ccc(N=Nc4ccccc4)cc3)cc2OC)cc1. The molecular formula is C58H83N7O6. The maximum absolute atomic E-state index is 13.5. The number of anilines is 1. The standard InChI is InChI=1S/C58H83N7O6/c1-9-12-13-14-15-16-17-18-19-20-21-22-23-24-25-29-41-70-56(67)58(6,10-2)45-57(4,5)55(66)71-42-40-65(11-3)50-38-36-49(37-39-50)62-64-52-44-53(68-7)51(43-54(52)69-8)63-61-48-34-32-47(33-35-48)60-59-46-30-27-26-28-31-46/h26-28,30-39,43-44H,9-25,29,40-42,45H2,1-8H3. The second-order valence-electron chi connectivity index (χ2n) is 19.3. The van der Waals surface area contributed by atoms with Gasteiger partial charge in [0, 0.05) is 24.4 Å². The summed E-state index contributed by atoms with van der Waals surface area (Å²) >= 11 is 0. The van der Waals surface area contributed by atoms with Crippen LogP contribution in [-0.2, 0) is 19.1 Å². The zero-order valence-corrected chi connectivity index (χ0v) is 44.3. The van der Waals surface area contributed by atoms with Crippen LogP contribution >= 0.6 is 0 Å². The van der Waals surface area contributed by atoms with E-state index in [1.54, 1.807) is 26.4 Å². The summed E-state index contributed by atoms with van der Waals surface area (Å²) in [5.74, 6) is 0.339. The van der Waals surface area contributed by atoms with Gasteiger partial charge in [-0.05, 0) is 108 Å². The van der Waals surface area contributed by atoms with Crippen LogP contribution in [0.4, 0.5) is 39.8 Å². The maximum Gasteiger partial charge on any atom is 0.311 e. The average molecular weight is 974 g/mol. The average Bonchev–Trinajstić information content (AvgIpc) is 3.39. The molecule has 0 N–H and O–H groups in total. The molecule has 0 saturated heterocycles. The van der Waals surface area contributed by atoms with Gasteiger partial charge in [-0.15, -0.1) is 10.2 Å². The Bertz CT molecular complexity index is 2230. The van der Waals surface area contributed by atoms with Crippen LogP contribution in [0.5, 0.6) is 11.5 Å². The number of ether oxygens (including phenoxy) is 4. The number of hydrogen-bond donors (Lipinski definition) is 0. The van der Waals surface area contributed by atoms with Crippen molar-refractivity contribution in [1.29, 1.82) is 0 Å². The quantitative estimate of drug-likeness (QED) is 0.0253. The molecule has 13 heteroatoms. The van der Waals surface area contributed by atoms with Gasteiger partial charge in [0.15, 0.2) is 0 Å². The molecule has 1 unspecified atom stereocenters. The molecule has 4 rings (SSSR count). The monoisotopic (exact) mass is 974 g/mol. The molecule has 71 heavy (non-hydrogen) atoms. The molecule has 0 heterocycles. The van der Waals surface area contributed by atoms with Crippen molar-refractivity contribution in [3.8, 4) is 11.5 Å². The van der Waals surface area contributed by atoms with E-state index in [0.717, 1.165) is 24.2 Å². The molecule has 4 aromatic rings. The second kappa shape index (κ2) is 32.1. The molecule has 0 amide bonds. The van der Waals surface area contributed by atoms with E-state index in [-0.39, 0.29) is 18.5 Å². The highest BCUT2D eigenvalue weighted by Crippen LogP contribution is 2.42. The normalized spacial score (nSPS) is 12.7. The van der Waals surface area contributed by atoms with Gasteiger partial charge in [-0.1, -0.05) is 128 Å². The highest BCUT2D eigenvalue weighted by Gasteiger charge is 2.43. The van der Waals surface area contributed by atoms with Crippen LogP contribution in [-0.4, -0.2) is 52.5 Å². The third-order valence-electron chi connectivity index (χ3n) is 13.0. The molecule has 0 spiro atoms. The minimum Gasteiger partial charge on any atom is -0.494 e. The van der Waals surface area contributed by atoms with Crippen molar-refractivity contribution in [3.05, 3.63) is 91.0 Å². The number of likely N-dealkylation sites (N-methyl/N-ethyl adjacent to an activating group) is 1. The van der Waals surface area contributed by atoms with E-state index < -0.39 is 10.8 Å². The predicted molar refractivity (Wildman–Crippen MR) is 288 cm³/mol. The van der Waals surface area contributed by atoms with Crippen LogP contribution in [0.1, 0.15) is 157 Å². The van der Waals surface area contributed by atoms with Crippen molar-refractivity contribution in [2.24, 2.45) is 41.5 Å². The number of benzene rings is 4. The van der Waals surface area contributed by atoms with E-state index in [1.807, 2.05) is 107 Å². The van der Waals surface area contributed by atoms with Crippen molar-refractivity contribution in [2.45, 2.75) is 157 Å². The Kier molecular flexibility index (Phi) is 26.0. The lowest BCUT2D eigenvalue weighted by molar-refractivity contribution is -0.163. The Morgan fingerprint density at radius 3 is 1.34 bits per heavy atom.